The van der Waals surface area contributed by atoms with Crippen molar-refractivity contribution in [1.29, 1.82) is 0 Å². The number of hydrogen-bond donors (Lipinski definition) is 2. The topological polar surface area (TPSA) is 84.3 Å². The van der Waals surface area contributed by atoms with E-state index in [0.29, 0.717) is 22.9 Å². The van der Waals surface area contributed by atoms with Gasteiger partial charge in [-0.3, -0.25) is 14.9 Å². The molecule has 1 aliphatic rings. The van der Waals surface area contributed by atoms with Crippen LogP contribution in [-0.2, 0) is 11.2 Å². The molecule has 0 saturated heterocycles. The van der Waals surface area contributed by atoms with E-state index in [1.807, 2.05) is 6.92 Å². The third-order valence-corrected chi connectivity index (χ3v) is 3.62. The summed E-state index contributed by atoms with van der Waals surface area (Å²) in [5.74, 6) is 0.479. The summed E-state index contributed by atoms with van der Waals surface area (Å²) in [7, 11) is 0. The number of amides is 1. The van der Waals surface area contributed by atoms with Gasteiger partial charge in [-0.25, -0.2) is 0 Å². The molecule has 6 nitrogen and oxygen atoms in total. The Balaban J connectivity index is 2.20. The summed E-state index contributed by atoms with van der Waals surface area (Å²) >= 11 is 0. The summed E-state index contributed by atoms with van der Waals surface area (Å²) in [5, 5.41) is 17.1. The van der Waals surface area contributed by atoms with Gasteiger partial charge in [0.25, 0.3) is 5.69 Å². The van der Waals surface area contributed by atoms with Crippen LogP contribution in [0, 0.1) is 16.0 Å². The molecule has 1 amide bonds. The lowest BCUT2D eigenvalue weighted by molar-refractivity contribution is -0.384. The molecule has 1 aromatic rings. The monoisotopic (exact) mass is 291 g/mol. The second kappa shape index (κ2) is 6.11. The second-order valence-electron chi connectivity index (χ2n) is 6.03. The molecule has 2 rings (SSSR count). The molecule has 1 aliphatic heterocycles. The fourth-order valence-corrected chi connectivity index (χ4v) is 2.45. The van der Waals surface area contributed by atoms with Crippen LogP contribution in [0.2, 0.25) is 0 Å². The normalized spacial score (nSPS) is 14.8. The molecule has 0 saturated carbocycles. The van der Waals surface area contributed by atoms with E-state index in [-0.39, 0.29) is 24.1 Å². The van der Waals surface area contributed by atoms with Crippen molar-refractivity contribution in [2.24, 2.45) is 5.92 Å². The largest absolute Gasteiger partial charge is 0.377 e. The Labute approximate surface area is 124 Å². The Morgan fingerprint density at radius 2 is 2.05 bits per heavy atom. The van der Waals surface area contributed by atoms with E-state index in [9.17, 15) is 14.9 Å². The summed E-state index contributed by atoms with van der Waals surface area (Å²) in [6.07, 6.45) is 2.21. The fraction of sp³-hybridized carbons (Fsp3) is 0.533. The van der Waals surface area contributed by atoms with Crippen molar-refractivity contribution in [2.75, 3.05) is 10.6 Å². The summed E-state index contributed by atoms with van der Waals surface area (Å²) in [4.78, 5) is 22.2. The minimum Gasteiger partial charge on any atom is -0.377 e. The van der Waals surface area contributed by atoms with Crippen molar-refractivity contribution in [3.05, 3.63) is 27.8 Å². The van der Waals surface area contributed by atoms with Gasteiger partial charge in [-0.1, -0.05) is 13.8 Å². The highest BCUT2D eigenvalue weighted by atomic mass is 16.6. The Morgan fingerprint density at radius 1 is 1.33 bits per heavy atom. The van der Waals surface area contributed by atoms with Crippen molar-refractivity contribution in [3.63, 3.8) is 0 Å². The number of carbonyl (C=O) groups excluding carboxylic acids is 1. The summed E-state index contributed by atoms with van der Waals surface area (Å²) in [5.41, 5.74) is 1.86. The van der Waals surface area contributed by atoms with Gasteiger partial charge in [0.2, 0.25) is 5.91 Å². The number of hydrogen-bond acceptors (Lipinski definition) is 4. The Bertz CT molecular complexity index is 570. The van der Waals surface area contributed by atoms with E-state index in [0.717, 1.165) is 12.8 Å². The molecule has 1 atom stereocenters. The number of fused-ring (bicyclic) bond motifs is 1. The molecule has 0 aliphatic carbocycles. The molecule has 114 valence electrons. The highest BCUT2D eigenvalue weighted by Gasteiger charge is 2.25. The van der Waals surface area contributed by atoms with Gasteiger partial charge < -0.3 is 10.6 Å². The number of nitro benzene ring substituents is 1. The first kappa shape index (κ1) is 15.3. The number of carbonyl (C=O) groups is 1. The molecule has 0 spiro atoms. The lowest BCUT2D eigenvalue weighted by atomic mass is 10.0. The average molecular weight is 291 g/mol. The van der Waals surface area contributed by atoms with Gasteiger partial charge in [-0.2, -0.15) is 0 Å². The first-order chi connectivity index (χ1) is 9.86. The molecule has 0 aromatic heterocycles. The SMILES string of the molecule is CC(C)CCC(C)Nc1cc2c(cc1[N+](=O)[O-])CC(=O)N2. The zero-order valence-corrected chi connectivity index (χ0v) is 12.6. The minimum absolute atomic E-state index is 0.0293. The second-order valence-corrected chi connectivity index (χ2v) is 6.03. The highest BCUT2D eigenvalue weighted by Crippen LogP contribution is 2.35. The number of benzene rings is 1. The van der Waals surface area contributed by atoms with Gasteiger partial charge in [-0.15, -0.1) is 0 Å². The Kier molecular flexibility index (Phi) is 4.45. The first-order valence-corrected chi connectivity index (χ1v) is 7.24. The lowest BCUT2D eigenvalue weighted by Gasteiger charge is -2.17. The molecule has 0 bridgehead atoms. The molecule has 0 fully saturated rings. The predicted molar refractivity (Wildman–Crippen MR) is 82.6 cm³/mol. The Morgan fingerprint density at radius 3 is 2.67 bits per heavy atom. The number of nitrogens with zero attached hydrogens (tertiary/aromatic N) is 1. The average Bonchev–Trinajstić information content (AvgIpc) is 2.74. The van der Waals surface area contributed by atoms with Crippen molar-refractivity contribution >= 4 is 23.0 Å². The maximum absolute atomic E-state index is 11.4. The van der Waals surface area contributed by atoms with Crippen molar-refractivity contribution in [3.8, 4) is 0 Å². The zero-order chi connectivity index (χ0) is 15.6. The molecular formula is C15H21N3O3. The van der Waals surface area contributed by atoms with E-state index < -0.39 is 4.92 Å². The van der Waals surface area contributed by atoms with Gasteiger partial charge >= 0.3 is 0 Å². The summed E-state index contributed by atoms with van der Waals surface area (Å²) in [6.45, 7) is 6.32. The van der Waals surface area contributed by atoms with Crippen molar-refractivity contribution in [2.45, 2.75) is 46.1 Å². The van der Waals surface area contributed by atoms with Gasteiger partial charge in [0.05, 0.1) is 11.3 Å². The number of nitro groups is 1. The van der Waals surface area contributed by atoms with Gasteiger partial charge in [0, 0.05) is 17.8 Å². The van der Waals surface area contributed by atoms with E-state index in [1.54, 1.807) is 6.07 Å². The van der Waals surface area contributed by atoms with Crippen LogP contribution in [0.25, 0.3) is 0 Å². The molecular weight excluding hydrogens is 270 g/mol. The standard InChI is InChI=1S/C15H21N3O3/c1-9(2)4-5-10(3)16-13-8-12-11(7-15(19)17-12)6-14(13)18(20)21/h6,8-10,16H,4-5,7H2,1-3H3,(H,17,19). The third-order valence-electron chi connectivity index (χ3n) is 3.62. The van der Waals surface area contributed by atoms with E-state index in [4.69, 9.17) is 0 Å². The van der Waals surface area contributed by atoms with E-state index in [2.05, 4.69) is 24.5 Å². The third kappa shape index (κ3) is 3.71. The van der Waals surface area contributed by atoms with Crippen LogP contribution in [-0.4, -0.2) is 16.9 Å². The van der Waals surface area contributed by atoms with Gasteiger partial charge in [0.15, 0.2) is 0 Å². The lowest BCUT2D eigenvalue weighted by Crippen LogP contribution is -2.17. The van der Waals surface area contributed by atoms with Crippen LogP contribution in [0.3, 0.4) is 0 Å². The molecule has 21 heavy (non-hydrogen) atoms. The molecule has 2 N–H and O–H groups in total. The summed E-state index contributed by atoms with van der Waals surface area (Å²) < 4.78 is 0. The highest BCUT2D eigenvalue weighted by molar-refractivity contribution is 6.00. The maximum atomic E-state index is 11.4. The number of nitrogens with one attached hydrogen (secondary N) is 2. The fourth-order valence-electron chi connectivity index (χ4n) is 2.45. The van der Waals surface area contributed by atoms with Gasteiger partial charge in [0.1, 0.15) is 5.69 Å². The van der Waals surface area contributed by atoms with Crippen LogP contribution in [0.15, 0.2) is 12.1 Å². The van der Waals surface area contributed by atoms with Crippen LogP contribution in [0.5, 0.6) is 0 Å². The molecule has 0 radical (unpaired) electrons. The van der Waals surface area contributed by atoms with Gasteiger partial charge in [-0.05, 0) is 37.3 Å². The van der Waals surface area contributed by atoms with E-state index in [1.165, 1.54) is 6.07 Å². The minimum atomic E-state index is -0.402. The Hall–Kier alpha value is -2.11. The molecule has 1 aromatic carbocycles. The smallest absolute Gasteiger partial charge is 0.292 e. The number of rotatable bonds is 6. The number of anilines is 2. The predicted octanol–water partition coefficient (Wildman–Crippen LogP) is 3.33. The maximum Gasteiger partial charge on any atom is 0.292 e. The van der Waals surface area contributed by atoms with E-state index >= 15 is 0 Å². The van der Waals surface area contributed by atoms with Crippen molar-refractivity contribution in [1.82, 2.24) is 0 Å². The van der Waals surface area contributed by atoms with Crippen LogP contribution >= 0.6 is 0 Å². The first-order valence-electron chi connectivity index (χ1n) is 7.24. The summed E-state index contributed by atoms with van der Waals surface area (Å²) in [6, 6.07) is 3.30. The van der Waals surface area contributed by atoms with Crippen molar-refractivity contribution < 1.29 is 9.72 Å². The van der Waals surface area contributed by atoms with Crippen LogP contribution < -0.4 is 10.6 Å². The molecule has 1 heterocycles. The van der Waals surface area contributed by atoms with Crippen LogP contribution in [0.1, 0.15) is 39.2 Å². The molecule has 6 heteroatoms. The zero-order valence-electron chi connectivity index (χ0n) is 12.6. The quantitative estimate of drug-likeness (QED) is 0.622. The van der Waals surface area contributed by atoms with Crippen LogP contribution in [0.4, 0.5) is 17.1 Å². The molecule has 1 unspecified atom stereocenters.